The highest BCUT2D eigenvalue weighted by Gasteiger charge is 2.27. The molecule has 0 unspecified atom stereocenters. The van der Waals surface area contributed by atoms with Gasteiger partial charge in [0.05, 0.1) is 26.6 Å². The number of amides is 2. The van der Waals surface area contributed by atoms with E-state index in [1.807, 2.05) is 0 Å². The number of aryl methyl sites for hydroxylation is 1. The van der Waals surface area contributed by atoms with Gasteiger partial charge in [-0.15, -0.1) is 0 Å². The lowest BCUT2D eigenvalue weighted by Crippen LogP contribution is -2.43. The van der Waals surface area contributed by atoms with Crippen LogP contribution in [-0.2, 0) is 29.5 Å². The summed E-state index contributed by atoms with van der Waals surface area (Å²) in [6, 6.07) is 9.82. The number of fused-ring (bicyclic) bond motifs is 1. The Balaban J connectivity index is 1.67. The van der Waals surface area contributed by atoms with Crippen LogP contribution in [0.1, 0.15) is 41.2 Å². The first-order chi connectivity index (χ1) is 20.7. The molecule has 0 atom stereocenters. The van der Waals surface area contributed by atoms with E-state index in [-0.39, 0.29) is 40.9 Å². The molecule has 0 aliphatic carbocycles. The normalized spacial score (nSPS) is 11.7. The van der Waals surface area contributed by atoms with Crippen molar-refractivity contribution in [2.24, 2.45) is 7.05 Å². The first kappa shape index (κ1) is 33.4. The third kappa shape index (κ3) is 7.40. The summed E-state index contributed by atoms with van der Waals surface area (Å²) in [5.41, 5.74) is 1.10. The van der Waals surface area contributed by atoms with Gasteiger partial charge in [-0.3, -0.25) is 9.59 Å². The summed E-state index contributed by atoms with van der Waals surface area (Å²) >= 11 is 19.1. The molecule has 1 aromatic heterocycles. The number of hydrogen-bond donors (Lipinski definition) is 2. The number of nitrogens with zero attached hydrogens (tertiary/aromatic N) is 2. The molecule has 1 heterocycles. The number of methoxy groups -OCH3 is 1. The van der Waals surface area contributed by atoms with Crippen LogP contribution in [0.15, 0.2) is 42.5 Å². The highest BCUT2D eigenvalue weighted by atomic mass is 35.5. The number of hydrogen-bond acceptors (Lipinski definition) is 5. The summed E-state index contributed by atoms with van der Waals surface area (Å²) in [5, 5.41) is 5.86. The molecule has 0 saturated heterocycles. The zero-order valence-electron chi connectivity index (χ0n) is 24.0. The second-order valence-electron chi connectivity index (χ2n) is 10.3. The number of ether oxygens (including phenoxy) is 2. The fourth-order valence-electron chi connectivity index (χ4n) is 4.23. The van der Waals surface area contributed by atoms with Crippen molar-refractivity contribution in [2.75, 3.05) is 19.0 Å². The summed E-state index contributed by atoms with van der Waals surface area (Å²) in [6.45, 7) is 2.45. The molecule has 3 aromatic carbocycles. The van der Waals surface area contributed by atoms with Crippen molar-refractivity contribution in [1.29, 1.82) is 0 Å². The minimum absolute atomic E-state index is 0.0731. The lowest BCUT2D eigenvalue weighted by atomic mass is 10.1. The number of imidazole rings is 1. The first-order valence-electron chi connectivity index (χ1n) is 13.2. The van der Waals surface area contributed by atoms with Gasteiger partial charge < -0.3 is 24.7 Å². The van der Waals surface area contributed by atoms with Gasteiger partial charge in [0.15, 0.2) is 0 Å². The number of anilines is 1. The van der Waals surface area contributed by atoms with Crippen LogP contribution in [-0.4, -0.2) is 47.1 Å². The Morgan fingerprint density at radius 2 is 1.80 bits per heavy atom. The quantitative estimate of drug-likeness (QED) is 0.176. The number of rotatable bonds is 11. The summed E-state index contributed by atoms with van der Waals surface area (Å²) in [6.07, 6.45) is -2.63. The lowest BCUT2D eigenvalue weighted by Gasteiger charge is -2.22. The highest BCUT2D eigenvalue weighted by Crippen LogP contribution is 2.33. The molecule has 0 spiro atoms. The van der Waals surface area contributed by atoms with Crippen molar-refractivity contribution in [3.8, 4) is 5.75 Å². The van der Waals surface area contributed by atoms with Crippen LogP contribution in [0.2, 0.25) is 15.1 Å². The van der Waals surface area contributed by atoms with E-state index < -0.39 is 30.4 Å². The maximum absolute atomic E-state index is 13.6. The van der Waals surface area contributed by atoms with Crippen LogP contribution in [0.25, 0.3) is 11.0 Å². The predicted octanol–water partition coefficient (Wildman–Crippen LogP) is 7.20. The maximum Gasteiger partial charge on any atom is 0.272 e. The van der Waals surface area contributed by atoms with E-state index in [9.17, 15) is 22.8 Å². The van der Waals surface area contributed by atoms with E-state index in [2.05, 4.69) is 15.6 Å². The Morgan fingerprint density at radius 1 is 1.07 bits per heavy atom. The first-order valence-corrected chi connectivity index (χ1v) is 14.3. The molecule has 2 amide bonds. The molecule has 44 heavy (non-hydrogen) atoms. The molecule has 0 aliphatic heterocycles. The third-order valence-electron chi connectivity index (χ3n) is 6.96. The monoisotopic (exact) mass is 670 g/mol. The van der Waals surface area contributed by atoms with Gasteiger partial charge in [0, 0.05) is 43.9 Å². The molecule has 0 bridgehead atoms. The van der Waals surface area contributed by atoms with Crippen LogP contribution in [0, 0.1) is 5.82 Å². The number of halogens is 6. The predicted molar refractivity (Wildman–Crippen MR) is 164 cm³/mol. The Morgan fingerprint density at radius 3 is 2.45 bits per heavy atom. The van der Waals surface area contributed by atoms with E-state index in [4.69, 9.17) is 44.3 Å². The van der Waals surface area contributed by atoms with Gasteiger partial charge in [0.25, 0.3) is 18.2 Å². The van der Waals surface area contributed by atoms with Crippen LogP contribution in [0.5, 0.6) is 5.75 Å². The van der Waals surface area contributed by atoms with E-state index in [0.717, 1.165) is 6.07 Å². The van der Waals surface area contributed by atoms with Crippen molar-refractivity contribution >= 4 is 63.3 Å². The molecule has 234 valence electrons. The molecule has 0 fully saturated rings. The molecule has 4 rings (SSSR count). The Hall–Kier alpha value is -3.51. The van der Waals surface area contributed by atoms with E-state index in [0.29, 0.717) is 38.0 Å². The van der Waals surface area contributed by atoms with Crippen LogP contribution < -0.4 is 15.4 Å². The number of benzene rings is 3. The van der Waals surface area contributed by atoms with Crippen molar-refractivity contribution in [2.45, 2.75) is 38.8 Å². The van der Waals surface area contributed by atoms with Gasteiger partial charge in [0.1, 0.15) is 29.6 Å². The SMILES string of the molecule is COC(C)(C)C(=O)NCc1ccc(Cl)c(Cc2nc3cc(C(=O)Nc4ccc(F)c(Cl)c4)c(OCC(F)F)cc3n2C)c1Cl. The molecule has 8 nitrogen and oxygen atoms in total. The summed E-state index contributed by atoms with van der Waals surface area (Å²) in [5.74, 6) is -1.31. The molecule has 0 saturated carbocycles. The van der Waals surface area contributed by atoms with Gasteiger partial charge in [-0.2, -0.15) is 0 Å². The van der Waals surface area contributed by atoms with Crippen LogP contribution >= 0.6 is 34.8 Å². The molecular weight excluding hydrogens is 644 g/mol. The smallest absolute Gasteiger partial charge is 0.272 e. The minimum atomic E-state index is -2.79. The van der Waals surface area contributed by atoms with E-state index >= 15 is 0 Å². The van der Waals surface area contributed by atoms with Crippen LogP contribution in [0.3, 0.4) is 0 Å². The standard InChI is InChI=1S/C30H28Cl3F3N4O4/c1-30(2,43-4)29(42)37-13-15-5-7-19(31)17(27(15)33)11-26-39-22-10-18(24(44-14-25(35)36)12-23(22)40(26)3)28(41)38-16-6-8-21(34)20(32)9-16/h5-10,12,25H,11,13-14H2,1-4H3,(H,37,42)(H,38,41). The summed E-state index contributed by atoms with van der Waals surface area (Å²) in [4.78, 5) is 30.3. The maximum atomic E-state index is 13.6. The minimum Gasteiger partial charge on any atom is -0.487 e. The van der Waals surface area contributed by atoms with E-state index in [1.165, 1.54) is 31.4 Å². The Kier molecular flexibility index (Phi) is 10.3. The van der Waals surface area contributed by atoms with Gasteiger partial charge in [-0.05, 0) is 55.3 Å². The zero-order chi connectivity index (χ0) is 32.3. The molecule has 2 N–H and O–H groups in total. The van der Waals surface area contributed by atoms with E-state index in [1.54, 1.807) is 37.6 Å². The largest absolute Gasteiger partial charge is 0.487 e. The molecular formula is C30H28Cl3F3N4O4. The molecule has 4 aromatic rings. The number of carbonyl (C=O) groups excluding carboxylic acids is 2. The summed E-state index contributed by atoms with van der Waals surface area (Å²) in [7, 11) is 3.15. The molecule has 0 aliphatic rings. The third-order valence-corrected chi connectivity index (χ3v) is 8.07. The highest BCUT2D eigenvalue weighted by molar-refractivity contribution is 6.36. The average Bonchev–Trinajstić information content (AvgIpc) is 3.28. The number of carbonyl (C=O) groups is 2. The number of nitrogens with one attached hydrogen (secondary N) is 2. The van der Waals surface area contributed by atoms with Crippen molar-refractivity contribution in [3.63, 3.8) is 0 Å². The van der Waals surface area contributed by atoms with Crippen LogP contribution in [0.4, 0.5) is 18.9 Å². The average molecular weight is 672 g/mol. The van der Waals surface area contributed by atoms with Gasteiger partial charge in [0.2, 0.25) is 0 Å². The topological polar surface area (TPSA) is 94.5 Å². The molecule has 14 heteroatoms. The number of aromatic nitrogens is 2. The molecule has 0 radical (unpaired) electrons. The van der Waals surface area contributed by atoms with Crippen molar-refractivity contribution in [3.05, 3.63) is 85.9 Å². The second-order valence-corrected chi connectivity index (χ2v) is 11.5. The number of alkyl halides is 2. The van der Waals surface area contributed by atoms with Gasteiger partial charge >= 0.3 is 0 Å². The fourth-order valence-corrected chi connectivity index (χ4v) is 4.98. The van der Waals surface area contributed by atoms with Crippen molar-refractivity contribution in [1.82, 2.24) is 14.9 Å². The van der Waals surface area contributed by atoms with Gasteiger partial charge in [-0.1, -0.05) is 40.9 Å². The Labute approximate surface area is 266 Å². The lowest BCUT2D eigenvalue weighted by molar-refractivity contribution is -0.139. The van der Waals surface area contributed by atoms with Gasteiger partial charge in [-0.25, -0.2) is 18.2 Å². The Bertz CT molecular complexity index is 1730. The van der Waals surface area contributed by atoms with Crippen molar-refractivity contribution < 1.29 is 32.2 Å². The summed E-state index contributed by atoms with van der Waals surface area (Å²) < 4.78 is 51.9. The second kappa shape index (κ2) is 13.6. The fraction of sp³-hybridized carbons (Fsp3) is 0.300. The zero-order valence-corrected chi connectivity index (χ0v) is 26.3.